The first kappa shape index (κ1) is 18.2. The SMILES string of the molecule is N#Cc1ccc(CCC(=O)N2CCCN(Cc3ccccc3)CC2)cc1. The van der Waals surface area contributed by atoms with Gasteiger partial charge in [0.2, 0.25) is 5.91 Å². The molecular weight excluding hydrogens is 322 g/mol. The first-order chi connectivity index (χ1) is 12.7. The Bertz CT molecular complexity index is 749. The van der Waals surface area contributed by atoms with Crippen molar-refractivity contribution in [3.05, 3.63) is 71.3 Å². The Morgan fingerprint density at radius 3 is 2.42 bits per heavy atom. The van der Waals surface area contributed by atoms with Crippen molar-refractivity contribution in [2.24, 2.45) is 0 Å². The largest absolute Gasteiger partial charge is 0.341 e. The number of hydrogen-bond acceptors (Lipinski definition) is 3. The summed E-state index contributed by atoms with van der Waals surface area (Å²) < 4.78 is 0. The summed E-state index contributed by atoms with van der Waals surface area (Å²) in [5.41, 5.74) is 3.09. The smallest absolute Gasteiger partial charge is 0.222 e. The third-order valence-corrected chi connectivity index (χ3v) is 4.90. The lowest BCUT2D eigenvalue weighted by Gasteiger charge is -2.22. The van der Waals surface area contributed by atoms with Gasteiger partial charge in [0.25, 0.3) is 0 Å². The molecule has 26 heavy (non-hydrogen) atoms. The Hall–Kier alpha value is -2.64. The first-order valence-corrected chi connectivity index (χ1v) is 9.28. The number of carbonyl (C=O) groups is 1. The molecule has 0 spiro atoms. The molecule has 0 aromatic heterocycles. The molecule has 1 fully saturated rings. The van der Waals surface area contributed by atoms with Crippen molar-refractivity contribution in [3.63, 3.8) is 0 Å². The van der Waals surface area contributed by atoms with Crippen molar-refractivity contribution in [1.29, 1.82) is 5.26 Å². The highest BCUT2D eigenvalue weighted by atomic mass is 16.2. The normalized spacial score (nSPS) is 15.3. The van der Waals surface area contributed by atoms with Crippen molar-refractivity contribution in [3.8, 4) is 6.07 Å². The van der Waals surface area contributed by atoms with E-state index in [1.165, 1.54) is 5.56 Å². The molecule has 134 valence electrons. The summed E-state index contributed by atoms with van der Waals surface area (Å²) in [6, 6.07) is 20.1. The van der Waals surface area contributed by atoms with E-state index in [9.17, 15) is 4.79 Å². The van der Waals surface area contributed by atoms with Gasteiger partial charge in [-0.2, -0.15) is 5.26 Å². The third kappa shape index (κ3) is 5.18. The van der Waals surface area contributed by atoms with Gasteiger partial charge in [-0.05, 0) is 36.1 Å². The van der Waals surface area contributed by atoms with E-state index in [1.807, 2.05) is 35.2 Å². The van der Waals surface area contributed by atoms with E-state index in [0.29, 0.717) is 12.0 Å². The fourth-order valence-corrected chi connectivity index (χ4v) is 3.38. The van der Waals surface area contributed by atoms with E-state index in [0.717, 1.165) is 51.1 Å². The van der Waals surface area contributed by atoms with Crippen LogP contribution in [0.3, 0.4) is 0 Å². The third-order valence-electron chi connectivity index (χ3n) is 4.90. The highest BCUT2D eigenvalue weighted by molar-refractivity contribution is 5.76. The fraction of sp³-hybridized carbons (Fsp3) is 0.364. The molecule has 3 rings (SSSR count). The molecule has 4 nitrogen and oxygen atoms in total. The van der Waals surface area contributed by atoms with Gasteiger partial charge >= 0.3 is 0 Å². The minimum Gasteiger partial charge on any atom is -0.341 e. The quantitative estimate of drug-likeness (QED) is 0.834. The van der Waals surface area contributed by atoms with E-state index in [2.05, 4.69) is 35.2 Å². The lowest BCUT2D eigenvalue weighted by Crippen LogP contribution is -2.35. The van der Waals surface area contributed by atoms with Crippen LogP contribution in [0.25, 0.3) is 0 Å². The topological polar surface area (TPSA) is 47.3 Å². The van der Waals surface area contributed by atoms with Crippen molar-refractivity contribution in [2.75, 3.05) is 26.2 Å². The molecule has 0 atom stereocenters. The van der Waals surface area contributed by atoms with Crippen LogP contribution in [0, 0.1) is 11.3 Å². The summed E-state index contributed by atoms with van der Waals surface area (Å²) in [5.74, 6) is 0.232. The molecule has 0 bridgehead atoms. The minimum absolute atomic E-state index is 0.232. The highest BCUT2D eigenvalue weighted by Gasteiger charge is 2.19. The Labute approximate surface area is 155 Å². The molecular formula is C22H25N3O. The zero-order chi connectivity index (χ0) is 18.2. The maximum atomic E-state index is 12.6. The van der Waals surface area contributed by atoms with Gasteiger partial charge < -0.3 is 4.90 Å². The number of rotatable bonds is 5. The fourth-order valence-electron chi connectivity index (χ4n) is 3.38. The lowest BCUT2D eigenvalue weighted by molar-refractivity contribution is -0.131. The molecule has 0 aliphatic carbocycles. The van der Waals surface area contributed by atoms with Gasteiger partial charge in [0, 0.05) is 39.1 Å². The molecule has 1 heterocycles. The van der Waals surface area contributed by atoms with Crippen LogP contribution in [-0.4, -0.2) is 41.9 Å². The van der Waals surface area contributed by atoms with Crippen LogP contribution in [0.5, 0.6) is 0 Å². The maximum absolute atomic E-state index is 12.6. The summed E-state index contributed by atoms with van der Waals surface area (Å²) in [7, 11) is 0. The summed E-state index contributed by atoms with van der Waals surface area (Å²) >= 11 is 0. The number of benzene rings is 2. The van der Waals surface area contributed by atoms with E-state index in [1.54, 1.807) is 0 Å². The summed E-state index contributed by atoms with van der Waals surface area (Å²) in [5, 5.41) is 8.84. The summed E-state index contributed by atoms with van der Waals surface area (Å²) in [6.07, 6.45) is 2.29. The molecule has 4 heteroatoms. The van der Waals surface area contributed by atoms with E-state index >= 15 is 0 Å². The zero-order valence-electron chi connectivity index (χ0n) is 15.1. The van der Waals surface area contributed by atoms with Gasteiger partial charge in [-0.3, -0.25) is 9.69 Å². The number of hydrogen-bond donors (Lipinski definition) is 0. The van der Waals surface area contributed by atoms with Gasteiger partial charge in [-0.1, -0.05) is 42.5 Å². The standard InChI is InChI=1S/C22H25N3O/c23-17-20-9-7-19(8-10-20)11-12-22(26)25-14-4-13-24(15-16-25)18-21-5-2-1-3-6-21/h1-3,5-10H,4,11-16,18H2. The molecule has 1 saturated heterocycles. The Morgan fingerprint density at radius 1 is 0.923 bits per heavy atom. The number of aryl methyl sites for hydroxylation is 1. The van der Waals surface area contributed by atoms with Crippen LogP contribution in [-0.2, 0) is 17.8 Å². The van der Waals surface area contributed by atoms with Gasteiger partial charge in [0.1, 0.15) is 0 Å². The second-order valence-corrected chi connectivity index (χ2v) is 6.80. The Kier molecular flexibility index (Phi) is 6.40. The first-order valence-electron chi connectivity index (χ1n) is 9.28. The molecule has 1 amide bonds. The molecule has 0 unspecified atom stereocenters. The maximum Gasteiger partial charge on any atom is 0.222 e. The zero-order valence-corrected chi connectivity index (χ0v) is 15.1. The number of nitriles is 1. The number of nitrogens with zero attached hydrogens (tertiary/aromatic N) is 3. The monoisotopic (exact) mass is 347 g/mol. The molecule has 1 aliphatic rings. The van der Waals surface area contributed by atoms with Crippen LogP contribution in [0.4, 0.5) is 0 Å². The van der Waals surface area contributed by atoms with Gasteiger partial charge in [0.05, 0.1) is 11.6 Å². The number of carbonyl (C=O) groups excluding carboxylic acids is 1. The Balaban J connectivity index is 1.47. The molecule has 2 aromatic rings. The Morgan fingerprint density at radius 2 is 1.69 bits per heavy atom. The van der Waals surface area contributed by atoms with Gasteiger partial charge in [0.15, 0.2) is 0 Å². The second kappa shape index (κ2) is 9.17. The second-order valence-electron chi connectivity index (χ2n) is 6.80. The molecule has 0 N–H and O–H groups in total. The average Bonchev–Trinajstić information content (AvgIpc) is 2.93. The van der Waals surface area contributed by atoms with E-state index in [4.69, 9.17) is 5.26 Å². The van der Waals surface area contributed by atoms with Crippen LogP contribution in [0.1, 0.15) is 29.5 Å². The van der Waals surface area contributed by atoms with Crippen LogP contribution >= 0.6 is 0 Å². The van der Waals surface area contributed by atoms with Crippen LogP contribution in [0.15, 0.2) is 54.6 Å². The van der Waals surface area contributed by atoms with E-state index in [-0.39, 0.29) is 5.91 Å². The molecule has 1 aliphatic heterocycles. The van der Waals surface area contributed by atoms with Crippen LogP contribution < -0.4 is 0 Å². The lowest BCUT2D eigenvalue weighted by atomic mass is 10.1. The van der Waals surface area contributed by atoms with Gasteiger partial charge in [-0.15, -0.1) is 0 Å². The molecule has 0 saturated carbocycles. The van der Waals surface area contributed by atoms with Crippen molar-refractivity contribution in [2.45, 2.75) is 25.8 Å². The van der Waals surface area contributed by atoms with E-state index < -0.39 is 0 Å². The molecule has 0 radical (unpaired) electrons. The van der Waals surface area contributed by atoms with Crippen molar-refractivity contribution < 1.29 is 4.79 Å². The summed E-state index contributed by atoms with van der Waals surface area (Å²) in [6.45, 7) is 4.57. The predicted molar refractivity (Wildman–Crippen MR) is 102 cm³/mol. The summed E-state index contributed by atoms with van der Waals surface area (Å²) in [4.78, 5) is 17.0. The average molecular weight is 347 g/mol. The number of amides is 1. The van der Waals surface area contributed by atoms with Gasteiger partial charge in [-0.25, -0.2) is 0 Å². The highest BCUT2D eigenvalue weighted by Crippen LogP contribution is 2.12. The van der Waals surface area contributed by atoms with Crippen molar-refractivity contribution >= 4 is 5.91 Å². The van der Waals surface area contributed by atoms with Crippen LogP contribution in [0.2, 0.25) is 0 Å². The minimum atomic E-state index is 0.232. The molecule has 2 aromatic carbocycles. The predicted octanol–water partition coefficient (Wildman–Crippen LogP) is 3.23. The van der Waals surface area contributed by atoms with Crippen molar-refractivity contribution in [1.82, 2.24) is 9.80 Å².